The van der Waals surface area contributed by atoms with Crippen LogP contribution in [0.15, 0.2) is 72.8 Å². The lowest BCUT2D eigenvalue weighted by molar-refractivity contribution is 0.510. The minimum atomic E-state index is -0.635. The summed E-state index contributed by atoms with van der Waals surface area (Å²) in [6.45, 7) is 0. The molecule has 28 heavy (non-hydrogen) atoms. The third-order valence-electron chi connectivity index (χ3n) is 5.27. The fourth-order valence-electron chi connectivity index (χ4n) is 3.85. The molecule has 0 saturated carbocycles. The topological polar surface area (TPSA) is 0 Å². The van der Waals surface area contributed by atoms with Gasteiger partial charge >= 0.3 is 0 Å². The lowest BCUT2D eigenvalue weighted by atomic mass is 9.66. The fraction of sp³-hybridized carbons (Fsp3) is 0.250. The molecule has 0 aliphatic heterocycles. The maximum Gasteiger partial charge on any atom is 0.123 e. The monoisotopic (exact) mass is 378 g/mol. The van der Waals surface area contributed by atoms with Crippen molar-refractivity contribution in [2.24, 2.45) is 0 Å². The van der Waals surface area contributed by atoms with Crippen LogP contribution in [0.25, 0.3) is 0 Å². The molecule has 0 fully saturated rings. The summed E-state index contributed by atoms with van der Waals surface area (Å²) in [4.78, 5) is 0. The number of hydrogen-bond acceptors (Lipinski definition) is 0. The molecule has 0 heterocycles. The Balaban J connectivity index is 2.18. The van der Waals surface area contributed by atoms with Crippen LogP contribution in [0.2, 0.25) is 6.32 Å². The normalized spacial score (nSPS) is 11.5. The summed E-state index contributed by atoms with van der Waals surface area (Å²) in [5.41, 5.74) is 2.03. The van der Waals surface area contributed by atoms with Crippen LogP contribution in [0.4, 0.5) is 13.2 Å². The number of halogens is 3. The predicted octanol–water partition coefficient (Wildman–Crippen LogP) is 6.59. The van der Waals surface area contributed by atoms with E-state index in [1.54, 1.807) is 36.4 Å². The Morgan fingerprint density at radius 2 is 0.893 bits per heavy atom. The van der Waals surface area contributed by atoms with Crippen LogP contribution >= 0.6 is 0 Å². The van der Waals surface area contributed by atoms with Gasteiger partial charge in [0.25, 0.3) is 0 Å². The van der Waals surface area contributed by atoms with Crippen molar-refractivity contribution < 1.29 is 13.2 Å². The molecular weight excluding hydrogens is 356 g/mol. The van der Waals surface area contributed by atoms with Gasteiger partial charge in [0.1, 0.15) is 17.5 Å². The van der Waals surface area contributed by atoms with Gasteiger partial charge in [0.15, 0.2) is 0 Å². The first-order chi connectivity index (χ1) is 13.6. The maximum atomic E-state index is 13.6. The smallest absolute Gasteiger partial charge is 0.123 e. The largest absolute Gasteiger partial charge is 0.207 e. The predicted molar refractivity (Wildman–Crippen MR) is 108 cm³/mol. The van der Waals surface area contributed by atoms with Crippen molar-refractivity contribution >= 4 is 7.85 Å². The second kappa shape index (κ2) is 9.14. The summed E-state index contributed by atoms with van der Waals surface area (Å²) in [6.07, 6.45) is 4.07. The van der Waals surface area contributed by atoms with Crippen LogP contribution in [0.1, 0.15) is 42.4 Å². The summed E-state index contributed by atoms with van der Waals surface area (Å²) >= 11 is 0. The Morgan fingerprint density at radius 1 is 0.536 bits per heavy atom. The summed E-state index contributed by atoms with van der Waals surface area (Å²) < 4.78 is 40.9. The summed E-state index contributed by atoms with van der Waals surface area (Å²) in [7, 11) is 5.64. The second-order valence-corrected chi connectivity index (χ2v) is 7.03. The van der Waals surface area contributed by atoms with Gasteiger partial charge in [0.05, 0.1) is 7.85 Å². The van der Waals surface area contributed by atoms with Gasteiger partial charge < -0.3 is 0 Å². The molecule has 0 aliphatic carbocycles. The highest BCUT2D eigenvalue weighted by molar-refractivity contribution is 6.08. The Hall–Kier alpha value is -2.49. The average Bonchev–Trinajstić information content (AvgIpc) is 2.71. The van der Waals surface area contributed by atoms with Crippen LogP contribution in [-0.2, 0) is 5.41 Å². The van der Waals surface area contributed by atoms with Gasteiger partial charge in [-0.15, -0.1) is 0 Å². The van der Waals surface area contributed by atoms with Crippen molar-refractivity contribution in [2.45, 2.75) is 37.4 Å². The molecule has 0 atom stereocenters. The molecule has 3 aromatic rings. The highest BCUT2D eigenvalue weighted by atomic mass is 19.1. The quantitative estimate of drug-likeness (QED) is 0.236. The third kappa shape index (κ3) is 4.32. The van der Waals surface area contributed by atoms with Crippen LogP contribution < -0.4 is 0 Å². The van der Waals surface area contributed by atoms with Crippen molar-refractivity contribution in [3.8, 4) is 0 Å². The molecule has 3 rings (SSSR count). The second-order valence-electron chi connectivity index (χ2n) is 7.03. The summed E-state index contributed by atoms with van der Waals surface area (Å²) in [5.74, 6) is -0.961. The van der Waals surface area contributed by atoms with E-state index in [1.807, 2.05) is 0 Å². The van der Waals surface area contributed by atoms with Gasteiger partial charge in [0, 0.05) is 5.41 Å². The first-order valence-electron chi connectivity index (χ1n) is 9.54. The lowest BCUT2D eigenvalue weighted by Gasteiger charge is -2.36. The molecule has 0 spiro atoms. The Morgan fingerprint density at radius 3 is 1.21 bits per heavy atom. The van der Waals surface area contributed by atoms with E-state index in [0.29, 0.717) is 6.32 Å². The van der Waals surface area contributed by atoms with E-state index in [0.717, 1.165) is 42.4 Å². The van der Waals surface area contributed by atoms with E-state index >= 15 is 0 Å². The zero-order valence-corrected chi connectivity index (χ0v) is 15.7. The molecule has 142 valence electrons. The average molecular weight is 378 g/mol. The molecule has 0 amide bonds. The van der Waals surface area contributed by atoms with E-state index in [2.05, 4.69) is 0 Å². The van der Waals surface area contributed by atoms with Crippen molar-refractivity contribution in [3.05, 3.63) is 107 Å². The van der Waals surface area contributed by atoms with Gasteiger partial charge in [-0.2, -0.15) is 0 Å². The van der Waals surface area contributed by atoms with E-state index in [-0.39, 0.29) is 17.5 Å². The third-order valence-corrected chi connectivity index (χ3v) is 5.27. The summed E-state index contributed by atoms with van der Waals surface area (Å²) in [6, 6.07) is 19.1. The molecule has 0 aliphatic rings. The highest BCUT2D eigenvalue weighted by Gasteiger charge is 2.36. The van der Waals surface area contributed by atoms with Crippen molar-refractivity contribution in [1.29, 1.82) is 0 Å². The van der Waals surface area contributed by atoms with Crippen LogP contribution in [0.3, 0.4) is 0 Å². The summed E-state index contributed by atoms with van der Waals surface area (Å²) in [5, 5.41) is 0. The van der Waals surface area contributed by atoms with Gasteiger partial charge in [-0.25, -0.2) is 13.2 Å². The van der Waals surface area contributed by atoms with Gasteiger partial charge in [-0.3, -0.25) is 0 Å². The SMILES string of the molecule is [B]CCCCCC(c1ccc(F)cc1)(c1ccc(F)cc1)c1ccc(F)cc1. The van der Waals surface area contributed by atoms with Gasteiger partial charge in [-0.05, 0) is 59.5 Å². The zero-order valence-electron chi connectivity index (χ0n) is 15.7. The molecule has 0 bridgehead atoms. The van der Waals surface area contributed by atoms with E-state index in [9.17, 15) is 13.2 Å². The first kappa shape index (κ1) is 20.3. The van der Waals surface area contributed by atoms with Crippen LogP contribution in [-0.4, -0.2) is 7.85 Å². The minimum Gasteiger partial charge on any atom is -0.207 e. The van der Waals surface area contributed by atoms with Gasteiger partial charge in [-0.1, -0.05) is 62.0 Å². The van der Waals surface area contributed by atoms with E-state index < -0.39 is 5.41 Å². The minimum absolute atomic E-state index is 0.320. The number of unbranched alkanes of at least 4 members (excludes halogenated alkanes) is 2. The molecule has 0 nitrogen and oxygen atoms in total. The van der Waals surface area contributed by atoms with E-state index in [1.165, 1.54) is 36.4 Å². The van der Waals surface area contributed by atoms with Crippen LogP contribution in [0, 0.1) is 17.5 Å². The molecule has 0 N–H and O–H groups in total. The molecule has 0 saturated heterocycles. The molecule has 3 aromatic carbocycles. The fourth-order valence-corrected chi connectivity index (χ4v) is 3.85. The first-order valence-corrected chi connectivity index (χ1v) is 9.54. The van der Waals surface area contributed by atoms with Crippen molar-refractivity contribution in [2.75, 3.05) is 0 Å². The molecule has 4 heteroatoms. The molecular formula is C24H22BF3. The highest BCUT2D eigenvalue weighted by Crippen LogP contribution is 2.43. The Kier molecular flexibility index (Phi) is 6.61. The Bertz CT molecular complexity index is 760. The number of rotatable bonds is 8. The zero-order chi connectivity index (χ0) is 20.0. The van der Waals surface area contributed by atoms with Crippen LogP contribution in [0.5, 0.6) is 0 Å². The van der Waals surface area contributed by atoms with Crippen molar-refractivity contribution in [1.82, 2.24) is 0 Å². The number of benzene rings is 3. The standard InChI is InChI=1S/C24H22BF3/c25-17-3-1-2-16-24(18-4-10-21(26)11-5-18,19-6-12-22(27)13-7-19)20-8-14-23(28)15-9-20/h4-15H,1-3,16-17H2. The number of hydrogen-bond donors (Lipinski definition) is 0. The lowest BCUT2D eigenvalue weighted by Crippen LogP contribution is -2.29. The maximum absolute atomic E-state index is 13.6. The van der Waals surface area contributed by atoms with Crippen molar-refractivity contribution in [3.63, 3.8) is 0 Å². The van der Waals surface area contributed by atoms with Gasteiger partial charge in [0.2, 0.25) is 0 Å². The van der Waals surface area contributed by atoms with E-state index in [4.69, 9.17) is 7.85 Å². The molecule has 0 unspecified atom stereocenters. The Labute approximate surface area is 165 Å². The molecule has 0 aromatic heterocycles. The molecule has 2 radical (unpaired) electrons.